The Balaban J connectivity index is 1.42. The second-order valence-corrected chi connectivity index (χ2v) is 8.17. The van der Waals surface area contributed by atoms with E-state index in [1.807, 2.05) is 24.3 Å². The number of fused-ring (bicyclic) bond motifs is 2. The van der Waals surface area contributed by atoms with E-state index in [9.17, 15) is 20.4 Å². The highest BCUT2D eigenvalue weighted by Gasteiger charge is 2.44. The van der Waals surface area contributed by atoms with Crippen molar-refractivity contribution in [2.24, 2.45) is 0 Å². The second kappa shape index (κ2) is 7.81. The molecule has 1 fully saturated rings. The quantitative estimate of drug-likeness (QED) is 0.382. The molecule has 31 heavy (non-hydrogen) atoms. The lowest BCUT2D eigenvalue weighted by atomic mass is 9.79. The van der Waals surface area contributed by atoms with Crippen LogP contribution < -0.4 is 5.32 Å². The molecule has 2 unspecified atom stereocenters. The number of hydrogen-bond acceptors (Lipinski definition) is 9. The average Bonchev–Trinajstić information content (AvgIpc) is 3.34. The molecule has 1 saturated heterocycles. The topological polar surface area (TPSA) is 146 Å². The molecule has 2 aromatic heterocycles. The van der Waals surface area contributed by atoms with E-state index in [-0.39, 0.29) is 6.54 Å². The molecule has 0 saturated carbocycles. The van der Waals surface area contributed by atoms with Gasteiger partial charge in [0.15, 0.2) is 23.2 Å². The predicted molar refractivity (Wildman–Crippen MR) is 110 cm³/mol. The number of hydrogen-bond donors (Lipinski definition) is 5. The summed E-state index contributed by atoms with van der Waals surface area (Å²) in [6, 6.07) is 7.92. The highest BCUT2D eigenvalue weighted by atomic mass is 16.6. The molecular formula is C21H25N5O5. The molecule has 5 N–H and O–H groups in total. The van der Waals surface area contributed by atoms with Crippen molar-refractivity contribution < 1.29 is 25.2 Å². The van der Waals surface area contributed by atoms with Crippen molar-refractivity contribution in [1.82, 2.24) is 19.5 Å². The number of rotatable bonds is 5. The number of anilines is 1. The Kier molecular flexibility index (Phi) is 5.11. The van der Waals surface area contributed by atoms with E-state index in [0.29, 0.717) is 23.4 Å². The summed E-state index contributed by atoms with van der Waals surface area (Å²) in [6.45, 7) is -0.153. The average molecular weight is 427 g/mol. The van der Waals surface area contributed by atoms with Crippen molar-refractivity contribution >= 4 is 17.0 Å². The van der Waals surface area contributed by atoms with E-state index in [1.54, 1.807) is 0 Å². The van der Waals surface area contributed by atoms with Crippen molar-refractivity contribution in [2.75, 3.05) is 18.5 Å². The molecule has 10 nitrogen and oxygen atoms in total. The van der Waals surface area contributed by atoms with Crippen LogP contribution in [0.4, 0.5) is 5.82 Å². The van der Waals surface area contributed by atoms with Gasteiger partial charge in [-0.05, 0) is 30.4 Å². The summed E-state index contributed by atoms with van der Waals surface area (Å²) in [5.74, 6) is 0.451. The van der Waals surface area contributed by atoms with Crippen LogP contribution in [0, 0.1) is 0 Å². The van der Waals surface area contributed by atoms with Crippen LogP contribution in [0.1, 0.15) is 30.2 Å². The first-order chi connectivity index (χ1) is 15.0. The Morgan fingerprint density at radius 3 is 2.81 bits per heavy atom. The Morgan fingerprint density at radius 2 is 2.00 bits per heavy atom. The van der Waals surface area contributed by atoms with E-state index in [2.05, 4.69) is 20.3 Å². The SMILES string of the molecule is OC[C@H]1OC(n2cnc3c(NCC4(O)CCCc5ccccc54)ncnc32)[C@H](O)[C@@H]1O. The molecule has 10 heteroatoms. The molecule has 1 aliphatic heterocycles. The largest absolute Gasteiger partial charge is 0.394 e. The molecular weight excluding hydrogens is 402 g/mol. The highest BCUT2D eigenvalue weighted by molar-refractivity contribution is 5.82. The van der Waals surface area contributed by atoms with Gasteiger partial charge in [-0.2, -0.15) is 0 Å². The monoisotopic (exact) mass is 427 g/mol. The molecule has 3 heterocycles. The molecule has 0 spiro atoms. The number of nitrogens with one attached hydrogen (secondary N) is 1. The fraction of sp³-hybridized carbons (Fsp3) is 0.476. The number of ether oxygens (including phenoxy) is 1. The van der Waals surface area contributed by atoms with Gasteiger partial charge in [0.2, 0.25) is 0 Å². The van der Waals surface area contributed by atoms with Crippen LogP contribution in [-0.4, -0.2) is 71.4 Å². The van der Waals surface area contributed by atoms with Crippen molar-refractivity contribution in [3.63, 3.8) is 0 Å². The first kappa shape index (κ1) is 20.3. The smallest absolute Gasteiger partial charge is 0.167 e. The maximum Gasteiger partial charge on any atom is 0.167 e. The van der Waals surface area contributed by atoms with Gasteiger partial charge >= 0.3 is 0 Å². The number of aliphatic hydroxyl groups excluding tert-OH is 3. The summed E-state index contributed by atoms with van der Waals surface area (Å²) in [7, 11) is 0. The minimum atomic E-state index is -1.24. The van der Waals surface area contributed by atoms with Gasteiger partial charge in [-0.3, -0.25) is 4.57 Å². The van der Waals surface area contributed by atoms with E-state index < -0.39 is 36.7 Å². The molecule has 0 amide bonds. The van der Waals surface area contributed by atoms with E-state index in [4.69, 9.17) is 4.74 Å². The number of benzene rings is 1. The van der Waals surface area contributed by atoms with Crippen LogP contribution in [0.5, 0.6) is 0 Å². The molecule has 3 aromatic rings. The predicted octanol–water partition coefficient (Wildman–Crippen LogP) is 0.0738. The zero-order valence-corrected chi connectivity index (χ0v) is 16.8. The Morgan fingerprint density at radius 1 is 1.16 bits per heavy atom. The lowest BCUT2D eigenvalue weighted by Gasteiger charge is -2.34. The third kappa shape index (κ3) is 3.36. The second-order valence-electron chi connectivity index (χ2n) is 8.17. The van der Waals surface area contributed by atoms with Crippen LogP contribution in [0.25, 0.3) is 11.2 Å². The minimum Gasteiger partial charge on any atom is -0.394 e. The van der Waals surface area contributed by atoms with E-state index in [0.717, 1.165) is 24.0 Å². The zero-order chi connectivity index (χ0) is 21.6. The Hall–Kier alpha value is -2.63. The van der Waals surface area contributed by atoms with Gasteiger partial charge in [0.1, 0.15) is 30.2 Å². The van der Waals surface area contributed by atoms with Gasteiger partial charge in [0.25, 0.3) is 0 Å². The molecule has 0 radical (unpaired) electrons. The standard InChI is InChI=1S/C21H25N5O5/c27-8-14-16(28)17(29)20(31-14)26-11-25-15-18(23-10-24-19(15)26)22-9-21(30)7-3-5-12-4-1-2-6-13(12)21/h1-2,4,6,10-11,14,16-17,20,27-30H,3,5,7-9H2,(H,22,23,24)/t14-,16-,17-,20?,21?/m1/s1. The third-order valence-electron chi connectivity index (χ3n) is 6.25. The number of aliphatic hydroxyl groups is 4. The number of imidazole rings is 1. The summed E-state index contributed by atoms with van der Waals surface area (Å²) >= 11 is 0. The van der Waals surface area contributed by atoms with Crippen molar-refractivity contribution in [2.45, 2.75) is 49.4 Å². The third-order valence-corrected chi connectivity index (χ3v) is 6.25. The zero-order valence-electron chi connectivity index (χ0n) is 16.8. The minimum absolute atomic E-state index is 0.261. The van der Waals surface area contributed by atoms with Gasteiger partial charge in [0.05, 0.1) is 12.9 Å². The fourth-order valence-corrected chi connectivity index (χ4v) is 4.59. The van der Waals surface area contributed by atoms with Gasteiger partial charge in [0, 0.05) is 6.54 Å². The molecule has 5 atom stereocenters. The summed E-state index contributed by atoms with van der Waals surface area (Å²) in [6.07, 6.45) is 1.03. The summed E-state index contributed by atoms with van der Waals surface area (Å²) < 4.78 is 7.10. The maximum atomic E-state index is 11.3. The van der Waals surface area contributed by atoms with Crippen LogP contribution in [0.15, 0.2) is 36.9 Å². The van der Waals surface area contributed by atoms with Crippen molar-refractivity contribution in [3.8, 4) is 0 Å². The number of aromatic nitrogens is 4. The van der Waals surface area contributed by atoms with E-state index >= 15 is 0 Å². The first-order valence-electron chi connectivity index (χ1n) is 10.4. The summed E-state index contributed by atoms with van der Waals surface area (Å²) in [5, 5.41) is 44.2. The fourth-order valence-electron chi connectivity index (χ4n) is 4.59. The summed E-state index contributed by atoms with van der Waals surface area (Å²) in [4.78, 5) is 12.9. The molecule has 2 aliphatic rings. The van der Waals surface area contributed by atoms with Gasteiger partial charge in [-0.1, -0.05) is 24.3 Å². The van der Waals surface area contributed by atoms with Crippen LogP contribution in [0.2, 0.25) is 0 Å². The summed E-state index contributed by atoms with van der Waals surface area (Å²) in [5.41, 5.74) is 1.92. The first-order valence-corrected chi connectivity index (χ1v) is 10.4. The van der Waals surface area contributed by atoms with Gasteiger partial charge < -0.3 is 30.5 Å². The van der Waals surface area contributed by atoms with Gasteiger partial charge in [-0.15, -0.1) is 0 Å². The van der Waals surface area contributed by atoms with E-state index in [1.165, 1.54) is 17.2 Å². The molecule has 164 valence electrons. The number of nitrogens with zero attached hydrogens (tertiary/aromatic N) is 4. The molecule has 5 rings (SSSR count). The van der Waals surface area contributed by atoms with Crippen molar-refractivity contribution in [1.29, 1.82) is 0 Å². The van der Waals surface area contributed by atoms with Crippen LogP contribution in [-0.2, 0) is 16.8 Å². The molecule has 1 aliphatic carbocycles. The Bertz CT molecular complexity index is 1090. The lowest BCUT2D eigenvalue weighted by molar-refractivity contribution is -0.0511. The van der Waals surface area contributed by atoms with Gasteiger partial charge in [-0.25, -0.2) is 15.0 Å². The van der Waals surface area contributed by atoms with Crippen LogP contribution in [0.3, 0.4) is 0 Å². The number of aryl methyl sites for hydroxylation is 1. The normalized spacial score (nSPS) is 30.5. The molecule has 1 aromatic carbocycles. The van der Waals surface area contributed by atoms with Crippen molar-refractivity contribution in [3.05, 3.63) is 48.0 Å². The van der Waals surface area contributed by atoms with Crippen LogP contribution >= 0.6 is 0 Å². The molecule has 0 bridgehead atoms. The highest BCUT2D eigenvalue weighted by Crippen LogP contribution is 2.36. The maximum absolute atomic E-state index is 11.3. The Labute approximate surface area is 178 Å². The lowest BCUT2D eigenvalue weighted by Crippen LogP contribution is -2.37.